The molecular formula is C13H11N3O. The minimum absolute atomic E-state index is 0.822. The van der Waals surface area contributed by atoms with Gasteiger partial charge in [0.25, 0.3) is 0 Å². The number of nitrogens with zero attached hydrogens (tertiary/aromatic N) is 2. The van der Waals surface area contributed by atoms with Crippen LogP contribution >= 0.6 is 0 Å². The van der Waals surface area contributed by atoms with Gasteiger partial charge in [-0.05, 0) is 24.3 Å². The fraction of sp³-hybridized carbons (Fsp3) is 0.0769. The molecule has 0 spiro atoms. The summed E-state index contributed by atoms with van der Waals surface area (Å²) < 4.78 is 5.18. The first-order valence-corrected chi connectivity index (χ1v) is 5.31. The van der Waals surface area contributed by atoms with Crippen molar-refractivity contribution < 1.29 is 4.74 Å². The number of imidazole rings is 1. The van der Waals surface area contributed by atoms with Crippen molar-refractivity contribution in [3.05, 3.63) is 42.7 Å². The second kappa shape index (κ2) is 3.90. The molecule has 0 aliphatic carbocycles. The van der Waals surface area contributed by atoms with Gasteiger partial charge in [0.2, 0.25) is 0 Å². The Morgan fingerprint density at radius 1 is 1.12 bits per heavy atom. The molecule has 3 aromatic rings. The number of aromatic nitrogens is 3. The third-order valence-electron chi connectivity index (χ3n) is 2.64. The van der Waals surface area contributed by atoms with E-state index < -0.39 is 0 Å². The lowest BCUT2D eigenvalue weighted by Gasteiger charge is -1.96. The number of nitrogens with one attached hydrogen (secondary N) is 1. The predicted octanol–water partition coefficient (Wildman–Crippen LogP) is 2.63. The summed E-state index contributed by atoms with van der Waals surface area (Å²) in [5.74, 6) is 1.66. The Balaban J connectivity index is 2.14. The molecule has 17 heavy (non-hydrogen) atoms. The van der Waals surface area contributed by atoms with E-state index in [-0.39, 0.29) is 0 Å². The number of H-pyrrole nitrogens is 1. The Bertz CT molecular complexity index is 646. The number of methoxy groups -OCH3 is 1. The SMILES string of the molecule is COc1ccc2nc(-c3ccncc3)[nH]c2c1. The summed E-state index contributed by atoms with van der Waals surface area (Å²) in [7, 11) is 1.65. The van der Waals surface area contributed by atoms with Crippen molar-refractivity contribution in [2.45, 2.75) is 0 Å². The van der Waals surface area contributed by atoms with E-state index in [1.807, 2.05) is 30.3 Å². The number of pyridine rings is 1. The monoisotopic (exact) mass is 225 g/mol. The Kier molecular flexibility index (Phi) is 2.26. The van der Waals surface area contributed by atoms with Gasteiger partial charge in [-0.3, -0.25) is 4.98 Å². The van der Waals surface area contributed by atoms with Crippen molar-refractivity contribution in [3.8, 4) is 17.1 Å². The third-order valence-corrected chi connectivity index (χ3v) is 2.64. The normalized spacial score (nSPS) is 10.6. The molecule has 4 heteroatoms. The second-order valence-corrected chi connectivity index (χ2v) is 3.70. The van der Waals surface area contributed by atoms with Gasteiger partial charge in [0.1, 0.15) is 11.6 Å². The Labute approximate surface area is 98.3 Å². The van der Waals surface area contributed by atoms with Crippen molar-refractivity contribution in [1.82, 2.24) is 15.0 Å². The molecule has 4 nitrogen and oxygen atoms in total. The molecule has 0 atom stereocenters. The molecule has 0 saturated carbocycles. The quantitative estimate of drug-likeness (QED) is 0.729. The summed E-state index contributed by atoms with van der Waals surface area (Å²) in [5, 5.41) is 0. The lowest BCUT2D eigenvalue weighted by Crippen LogP contribution is -1.81. The van der Waals surface area contributed by atoms with Crippen LogP contribution in [0.3, 0.4) is 0 Å². The van der Waals surface area contributed by atoms with Gasteiger partial charge in [0.15, 0.2) is 0 Å². The molecule has 0 radical (unpaired) electrons. The first-order chi connectivity index (χ1) is 8.36. The van der Waals surface area contributed by atoms with Crippen LogP contribution in [0.15, 0.2) is 42.7 Å². The van der Waals surface area contributed by atoms with Crippen LogP contribution in [0.2, 0.25) is 0 Å². The maximum absolute atomic E-state index is 5.18. The topological polar surface area (TPSA) is 50.8 Å². The number of rotatable bonds is 2. The Hall–Kier alpha value is -2.36. The summed E-state index contributed by atoms with van der Waals surface area (Å²) in [6.45, 7) is 0. The molecule has 2 heterocycles. The van der Waals surface area contributed by atoms with Gasteiger partial charge >= 0.3 is 0 Å². The minimum Gasteiger partial charge on any atom is -0.497 e. The van der Waals surface area contributed by atoms with E-state index >= 15 is 0 Å². The number of hydrogen-bond donors (Lipinski definition) is 1. The van der Waals surface area contributed by atoms with Crippen LogP contribution in [-0.2, 0) is 0 Å². The van der Waals surface area contributed by atoms with E-state index in [1.54, 1.807) is 19.5 Å². The van der Waals surface area contributed by atoms with Gasteiger partial charge in [-0.15, -0.1) is 0 Å². The van der Waals surface area contributed by atoms with E-state index in [0.717, 1.165) is 28.2 Å². The van der Waals surface area contributed by atoms with E-state index in [4.69, 9.17) is 4.74 Å². The highest BCUT2D eigenvalue weighted by Gasteiger charge is 2.05. The zero-order chi connectivity index (χ0) is 11.7. The molecular weight excluding hydrogens is 214 g/mol. The maximum Gasteiger partial charge on any atom is 0.138 e. The highest BCUT2D eigenvalue weighted by molar-refractivity contribution is 5.80. The lowest BCUT2D eigenvalue weighted by molar-refractivity contribution is 0.415. The number of aromatic amines is 1. The molecule has 0 saturated heterocycles. The molecule has 84 valence electrons. The number of benzene rings is 1. The molecule has 2 aromatic heterocycles. The maximum atomic E-state index is 5.18. The average Bonchev–Trinajstić information content (AvgIpc) is 2.82. The van der Waals surface area contributed by atoms with Crippen molar-refractivity contribution in [2.75, 3.05) is 7.11 Å². The number of hydrogen-bond acceptors (Lipinski definition) is 3. The molecule has 0 bridgehead atoms. The Morgan fingerprint density at radius 3 is 2.71 bits per heavy atom. The standard InChI is InChI=1S/C13H11N3O/c1-17-10-2-3-11-12(8-10)16-13(15-11)9-4-6-14-7-5-9/h2-8H,1H3,(H,15,16). The van der Waals surface area contributed by atoms with Crippen LogP contribution in [0.1, 0.15) is 0 Å². The lowest BCUT2D eigenvalue weighted by atomic mass is 10.3. The molecule has 0 aliphatic heterocycles. The van der Waals surface area contributed by atoms with E-state index in [2.05, 4.69) is 15.0 Å². The van der Waals surface area contributed by atoms with Gasteiger partial charge in [0.05, 0.1) is 18.1 Å². The van der Waals surface area contributed by atoms with Gasteiger partial charge in [0, 0.05) is 24.0 Å². The largest absolute Gasteiger partial charge is 0.497 e. The molecule has 1 N–H and O–H groups in total. The van der Waals surface area contributed by atoms with E-state index in [1.165, 1.54) is 0 Å². The van der Waals surface area contributed by atoms with E-state index in [9.17, 15) is 0 Å². The van der Waals surface area contributed by atoms with Crippen LogP contribution in [0.25, 0.3) is 22.4 Å². The van der Waals surface area contributed by atoms with Crippen LogP contribution in [0, 0.1) is 0 Å². The van der Waals surface area contributed by atoms with E-state index in [0.29, 0.717) is 0 Å². The zero-order valence-electron chi connectivity index (χ0n) is 9.34. The zero-order valence-corrected chi connectivity index (χ0v) is 9.34. The molecule has 0 fully saturated rings. The summed E-state index contributed by atoms with van der Waals surface area (Å²) in [4.78, 5) is 11.8. The van der Waals surface area contributed by atoms with Crippen LogP contribution < -0.4 is 4.74 Å². The van der Waals surface area contributed by atoms with Crippen LogP contribution in [0.5, 0.6) is 5.75 Å². The molecule has 0 aliphatic rings. The first-order valence-electron chi connectivity index (χ1n) is 5.31. The third kappa shape index (κ3) is 1.73. The summed E-state index contributed by atoms with van der Waals surface area (Å²) >= 11 is 0. The van der Waals surface area contributed by atoms with Crippen molar-refractivity contribution in [1.29, 1.82) is 0 Å². The van der Waals surface area contributed by atoms with Gasteiger partial charge in [-0.25, -0.2) is 4.98 Å². The molecule has 1 aromatic carbocycles. The average molecular weight is 225 g/mol. The molecule has 0 amide bonds. The molecule has 0 unspecified atom stereocenters. The fourth-order valence-corrected chi connectivity index (χ4v) is 1.76. The first kappa shape index (κ1) is 9.84. The van der Waals surface area contributed by atoms with Gasteiger partial charge in [-0.2, -0.15) is 0 Å². The van der Waals surface area contributed by atoms with Crippen molar-refractivity contribution in [2.24, 2.45) is 0 Å². The van der Waals surface area contributed by atoms with Gasteiger partial charge < -0.3 is 9.72 Å². The smallest absolute Gasteiger partial charge is 0.138 e. The second-order valence-electron chi connectivity index (χ2n) is 3.70. The van der Waals surface area contributed by atoms with Crippen molar-refractivity contribution >= 4 is 11.0 Å². The Morgan fingerprint density at radius 2 is 1.94 bits per heavy atom. The van der Waals surface area contributed by atoms with Crippen molar-refractivity contribution in [3.63, 3.8) is 0 Å². The van der Waals surface area contributed by atoms with Crippen LogP contribution in [-0.4, -0.2) is 22.1 Å². The highest BCUT2D eigenvalue weighted by atomic mass is 16.5. The minimum atomic E-state index is 0.822. The van der Waals surface area contributed by atoms with Gasteiger partial charge in [-0.1, -0.05) is 0 Å². The summed E-state index contributed by atoms with van der Waals surface area (Å²) in [5.41, 5.74) is 2.92. The summed E-state index contributed by atoms with van der Waals surface area (Å²) in [6, 6.07) is 9.63. The fourth-order valence-electron chi connectivity index (χ4n) is 1.76. The number of fused-ring (bicyclic) bond motifs is 1. The number of ether oxygens (including phenoxy) is 1. The summed E-state index contributed by atoms with van der Waals surface area (Å²) in [6.07, 6.45) is 3.51. The predicted molar refractivity (Wildman–Crippen MR) is 65.9 cm³/mol. The van der Waals surface area contributed by atoms with Crippen LogP contribution in [0.4, 0.5) is 0 Å². The highest BCUT2D eigenvalue weighted by Crippen LogP contribution is 2.23. The molecule has 3 rings (SSSR count).